The van der Waals surface area contributed by atoms with E-state index in [1.165, 1.54) is 5.56 Å². The van der Waals surface area contributed by atoms with Crippen molar-refractivity contribution in [2.24, 2.45) is 0 Å². The molecule has 0 N–H and O–H groups in total. The van der Waals surface area contributed by atoms with Gasteiger partial charge in [-0.15, -0.1) is 0 Å². The Morgan fingerprint density at radius 1 is 1.33 bits per heavy atom. The fraction of sp³-hybridized carbons (Fsp3) is 0.474. The number of aryl methyl sites for hydroxylation is 2. The molecule has 0 bridgehead atoms. The van der Waals surface area contributed by atoms with E-state index in [1.807, 2.05) is 43.8 Å². The maximum Gasteiger partial charge on any atom is 0.223 e. The lowest BCUT2D eigenvalue weighted by Crippen LogP contribution is -2.44. The Kier molecular flexibility index (Phi) is 5.29. The highest BCUT2D eigenvalue weighted by Crippen LogP contribution is 2.36. The van der Waals surface area contributed by atoms with Gasteiger partial charge in [-0.05, 0) is 25.8 Å². The van der Waals surface area contributed by atoms with Crippen LogP contribution >= 0.6 is 11.8 Å². The zero-order valence-electron chi connectivity index (χ0n) is 14.5. The third-order valence-electron chi connectivity index (χ3n) is 4.72. The fourth-order valence-electron chi connectivity index (χ4n) is 3.44. The van der Waals surface area contributed by atoms with Crippen molar-refractivity contribution in [2.75, 3.05) is 12.3 Å². The topological polar surface area (TPSA) is 46.3 Å². The van der Waals surface area contributed by atoms with Crippen LogP contribution in [0, 0.1) is 13.8 Å². The summed E-state index contributed by atoms with van der Waals surface area (Å²) in [6.07, 6.45) is 1.20. The molecule has 1 aromatic heterocycles. The summed E-state index contributed by atoms with van der Waals surface area (Å²) < 4.78 is 5.20. The number of amides is 1. The third-order valence-corrected chi connectivity index (χ3v) is 5.93. The van der Waals surface area contributed by atoms with E-state index in [-0.39, 0.29) is 11.9 Å². The smallest absolute Gasteiger partial charge is 0.223 e. The molecule has 1 aliphatic rings. The molecule has 2 heterocycles. The van der Waals surface area contributed by atoms with Crippen LogP contribution in [-0.4, -0.2) is 33.5 Å². The summed E-state index contributed by atoms with van der Waals surface area (Å²) in [6.45, 7) is 6.87. The van der Waals surface area contributed by atoms with Crippen molar-refractivity contribution in [1.29, 1.82) is 0 Å². The Balaban J connectivity index is 1.74. The monoisotopic (exact) mass is 344 g/mol. The summed E-state index contributed by atoms with van der Waals surface area (Å²) in [7, 11) is 0. The molecule has 0 unspecified atom stereocenters. The maximum atomic E-state index is 12.9. The molecule has 0 spiro atoms. The number of thioether (sulfide) groups is 1. The van der Waals surface area contributed by atoms with Crippen LogP contribution < -0.4 is 0 Å². The maximum absolute atomic E-state index is 12.9. The quantitative estimate of drug-likeness (QED) is 0.843. The van der Waals surface area contributed by atoms with E-state index >= 15 is 0 Å². The lowest BCUT2D eigenvalue weighted by atomic mass is 10.0. The van der Waals surface area contributed by atoms with Crippen molar-refractivity contribution in [1.82, 2.24) is 10.1 Å². The van der Waals surface area contributed by atoms with E-state index in [0.717, 1.165) is 29.3 Å². The first kappa shape index (κ1) is 17.1. The van der Waals surface area contributed by atoms with Crippen molar-refractivity contribution in [3.05, 3.63) is 52.9 Å². The van der Waals surface area contributed by atoms with Gasteiger partial charge in [0.25, 0.3) is 0 Å². The third kappa shape index (κ3) is 3.51. The van der Waals surface area contributed by atoms with E-state index in [9.17, 15) is 4.79 Å². The van der Waals surface area contributed by atoms with Crippen LogP contribution in [0.5, 0.6) is 0 Å². The number of carbonyl (C=O) groups is 1. The largest absolute Gasteiger partial charge is 0.361 e. The number of hydrogen-bond donors (Lipinski definition) is 0. The fourth-order valence-corrected chi connectivity index (χ4v) is 4.60. The van der Waals surface area contributed by atoms with Crippen LogP contribution in [0.15, 0.2) is 34.9 Å². The lowest BCUT2D eigenvalue weighted by molar-refractivity contribution is -0.133. The van der Waals surface area contributed by atoms with Gasteiger partial charge in [-0.25, -0.2) is 0 Å². The van der Waals surface area contributed by atoms with Gasteiger partial charge >= 0.3 is 0 Å². The molecule has 1 saturated heterocycles. The second-order valence-electron chi connectivity index (χ2n) is 6.32. The average Bonchev–Trinajstić information content (AvgIpc) is 2.91. The Bertz CT molecular complexity index is 679. The summed E-state index contributed by atoms with van der Waals surface area (Å²) in [4.78, 5) is 15.0. The lowest BCUT2D eigenvalue weighted by Gasteiger charge is -2.40. The first-order chi connectivity index (χ1) is 11.6. The highest BCUT2D eigenvalue weighted by Gasteiger charge is 2.33. The van der Waals surface area contributed by atoms with Crippen molar-refractivity contribution >= 4 is 17.7 Å². The zero-order chi connectivity index (χ0) is 17.1. The predicted molar refractivity (Wildman–Crippen MR) is 97.1 cm³/mol. The molecule has 4 nitrogen and oxygen atoms in total. The Morgan fingerprint density at radius 2 is 2.08 bits per heavy atom. The van der Waals surface area contributed by atoms with Gasteiger partial charge < -0.3 is 9.42 Å². The molecule has 0 aliphatic carbocycles. The van der Waals surface area contributed by atoms with Gasteiger partial charge in [-0.3, -0.25) is 4.79 Å². The molecule has 0 radical (unpaired) electrons. The minimum atomic E-state index is 0.155. The normalized spacial score (nSPS) is 21.0. The van der Waals surface area contributed by atoms with Crippen LogP contribution in [0.25, 0.3) is 0 Å². The summed E-state index contributed by atoms with van der Waals surface area (Å²) >= 11 is 1.94. The minimum absolute atomic E-state index is 0.155. The van der Waals surface area contributed by atoms with Gasteiger partial charge in [0.1, 0.15) is 5.76 Å². The van der Waals surface area contributed by atoms with Crippen molar-refractivity contribution in [2.45, 2.75) is 44.9 Å². The van der Waals surface area contributed by atoms with Crippen LogP contribution in [0.3, 0.4) is 0 Å². The van der Waals surface area contributed by atoms with Crippen LogP contribution in [0.2, 0.25) is 0 Å². The number of hydrogen-bond acceptors (Lipinski definition) is 4. The van der Waals surface area contributed by atoms with E-state index in [0.29, 0.717) is 18.1 Å². The molecule has 2 atom stereocenters. The van der Waals surface area contributed by atoms with Crippen LogP contribution in [0.1, 0.15) is 42.0 Å². The summed E-state index contributed by atoms with van der Waals surface area (Å²) in [6, 6.07) is 10.5. The van der Waals surface area contributed by atoms with E-state index < -0.39 is 0 Å². The van der Waals surface area contributed by atoms with Crippen LogP contribution in [-0.2, 0) is 11.2 Å². The standard InChI is InChI=1S/C19H24N2O2S/c1-13-17(14(2)23-20-13)9-10-18(22)21-11-12-24-15(3)19(21)16-7-5-4-6-8-16/h4-8,15,19H,9-12H2,1-3H3/t15-,19-/m1/s1. The SMILES string of the molecule is Cc1noc(C)c1CCC(=O)N1CCS[C@H](C)[C@@H]1c1ccccc1. The number of rotatable bonds is 4. The highest BCUT2D eigenvalue weighted by molar-refractivity contribution is 8.00. The molecular formula is C19H24N2O2S. The van der Waals surface area contributed by atoms with Crippen molar-refractivity contribution in [3.63, 3.8) is 0 Å². The van der Waals surface area contributed by atoms with Crippen molar-refractivity contribution < 1.29 is 9.32 Å². The molecule has 1 aliphatic heterocycles. The van der Waals surface area contributed by atoms with Gasteiger partial charge in [0, 0.05) is 29.5 Å². The van der Waals surface area contributed by atoms with E-state index in [2.05, 4.69) is 29.1 Å². The Hall–Kier alpha value is -1.75. The number of carbonyl (C=O) groups excluding carboxylic acids is 1. The minimum Gasteiger partial charge on any atom is -0.361 e. The molecule has 1 fully saturated rings. The molecule has 1 amide bonds. The Morgan fingerprint density at radius 3 is 2.75 bits per heavy atom. The summed E-state index contributed by atoms with van der Waals surface area (Å²) in [5, 5.41) is 4.38. The molecule has 3 rings (SSSR count). The van der Waals surface area contributed by atoms with Crippen LogP contribution in [0.4, 0.5) is 0 Å². The second-order valence-corrected chi connectivity index (χ2v) is 7.81. The van der Waals surface area contributed by atoms with Crippen molar-refractivity contribution in [3.8, 4) is 0 Å². The molecule has 0 saturated carbocycles. The van der Waals surface area contributed by atoms with Gasteiger partial charge in [-0.2, -0.15) is 11.8 Å². The van der Waals surface area contributed by atoms with E-state index in [4.69, 9.17) is 4.52 Å². The molecule has 1 aromatic carbocycles. The Labute approximate surface area is 147 Å². The van der Waals surface area contributed by atoms with Gasteiger partial charge in [0.2, 0.25) is 5.91 Å². The summed E-state index contributed by atoms with van der Waals surface area (Å²) in [5.74, 6) is 2.04. The molecule has 2 aromatic rings. The first-order valence-electron chi connectivity index (χ1n) is 8.45. The number of nitrogens with zero attached hydrogens (tertiary/aromatic N) is 2. The average molecular weight is 344 g/mol. The first-order valence-corrected chi connectivity index (χ1v) is 9.50. The second kappa shape index (κ2) is 7.43. The van der Waals surface area contributed by atoms with Gasteiger partial charge in [0.15, 0.2) is 0 Å². The summed E-state index contributed by atoms with van der Waals surface area (Å²) in [5.41, 5.74) is 3.18. The van der Waals surface area contributed by atoms with Gasteiger partial charge in [-0.1, -0.05) is 42.4 Å². The molecular weight excluding hydrogens is 320 g/mol. The molecule has 128 valence electrons. The van der Waals surface area contributed by atoms with E-state index in [1.54, 1.807) is 0 Å². The number of aromatic nitrogens is 1. The predicted octanol–water partition coefficient (Wildman–Crippen LogP) is 3.93. The number of benzene rings is 1. The zero-order valence-corrected chi connectivity index (χ0v) is 15.3. The molecule has 24 heavy (non-hydrogen) atoms. The molecule has 5 heteroatoms. The highest BCUT2D eigenvalue weighted by atomic mass is 32.2. The van der Waals surface area contributed by atoms with Gasteiger partial charge in [0.05, 0.1) is 11.7 Å².